The van der Waals surface area contributed by atoms with E-state index in [0.29, 0.717) is 38.5 Å². The van der Waals surface area contributed by atoms with E-state index in [2.05, 4.69) is 10.3 Å². The number of nitrogens with one attached hydrogen (secondary N) is 1. The number of hydrogen-bond acceptors (Lipinski definition) is 5. The first-order valence-electron chi connectivity index (χ1n) is 8.73. The second-order valence-corrected chi connectivity index (χ2v) is 7.25. The van der Waals surface area contributed by atoms with Crippen LogP contribution in [0, 0.1) is 12.7 Å². The van der Waals surface area contributed by atoms with Crippen molar-refractivity contribution < 1.29 is 18.7 Å². The Morgan fingerprint density at radius 3 is 2.59 bits per heavy atom. The number of rotatable bonds is 4. The van der Waals surface area contributed by atoms with E-state index in [4.69, 9.17) is 4.74 Å². The van der Waals surface area contributed by atoms with Gasteiger partial charge >= 0.3 is 5.97 Å². The number of anilines is 1. The Morgan fingerprint density at radius 1 is 1.07 bits per heavy atom. The molecule has 0 radical (unpaired) electrons. The van der Waals surface area contributed by atoms with Crippen LogP contribution in [0.2, 0.25) is 0 Å². The highest BCUT2D eigenvalue weighted by molar-refractivity contribution is 7.12. The van der Waals surface area contributed by atoms with Crippen LogP contribution in [0.15, 0.2) is 66.0 Å². The SMILES string of the molecule is Cc1nc2cc(F)ccc2cc1C(=O)Oc1ccc(NC(=O)c2cccs2)cc1. The maximum atomic E-state index is 13.3. The van der Waals surface area contributed by atoms with Crippen molar-refractivity contribution in [2.45, 2.75) is 6.92 Å². The summed E-state index contributed by atoms with van der Waals surface area (Å²) in [6, 6.07) is 15.9. The van der Waals surface area contributed by atoms with E-state index in [0.717, 1.165) is 0 Å². The predicted molar refractivity (Wildman–Crippen MR) is 110 cm³/mol. The van der Waals surface area contributed by atoms with Gasteiger partial charge in [0.25, 0.3) is 5.91 Å². The molecule has 4 rings (SSSR count). The van der Waals surface area contributed by atoms with Crippen molar-refractivity contribution in [1.29, 1.82) is 0 Å². The number of benzene rings is 2. The quantitative estimate of drug-likeness (QED) is 0.373. The Morgan fingerprint density at radius 2 is 1.86 bits per heavy atom. The number of fused-ring (bicyclic) bond motifs is 1. The number of nitrogens with zero attached hydrogens (tertiary/aromatic N) is 1. The van der Waals surface area contributed by atoms with Crippen LogP contribution in [0.25, 0.3) is 10.9 Å². The third kappa shape index (κ3) is 4.14. The van der Waals surface area contributed by atoms with Crippen molar-refractivity contribution >= 4 is 39.8 Å². The van der Waals surface area contributed by atoms with Crippen LogP contribution in [0.3, 0.4) is 0 Å². The summed E-state index contributed by atoms with van der Waals surface area (Å²) in [5.74, 6) is -0.802. The molecule has 0 spiro atoms. The van der Waals surface area contributed by atoms with E-state index in [1.807, 2.05) is 11.4 Å². The van der Waals surface area contributed by atoms with Gasteiger partial charge < -0.3 is 10.1 Å². The zero-order valence-corrected chi connectivity index (χ0v) is 16.1. The number of aromatic nitrogens is 1. The van der Waals surface area contributed by atoms with Gasteiger partial charge in [-0.3, -0.25) is 9.78 Å². The fraction of sp³-hybridized carbons (Fsp3) is 0.0455. The summed E-state index contributed by atoms with van der Waals surface area (Å²) in [6.45, 7) is 1.67. The first kappa shape index (κ1) is 18.8. The van der Waals surface area contributed by atoms with Crippen molar-refractivity contribution in [2.24, 2.45) is 0 Å². The molecule has 1 N–H and O–H groups in total. The van der Waals surface area contributed by atoms with Crippen LogP contribution in [-0.2, 0) is 0 Å². The van der Waals surface area contributed by atoms with Crippen LogP contribution in [0.5, 0.6) is 5.75 Å². The molecule has 0 saturated heterocycles. The lowest BCUT2D eigenvalue weighted by molar-refractivity contribution is 0.0733. The Labute approximate surface area is 169 Å². The highest BCUT2D eigenvalue weighted by Crippen LogP contribution is 2.22. The second-order valence-electron chi connectivity index (χ2n) is 6.30. The van der Waals surface area contributed by atoms with Gasteiger partial charge in [0.2, 0.25) is 0 Å². The Kier molecular flexibility index (Phi) is 5.05. The van der Waals surface area contributed by atoms with Gasteiger partial charge in [0.05, 0.1) is 21.7 Å². The molecule has 2 heterocycles. The average molecular weight is 406 g/mol. The molecule has 144 valence electrons. The van der Waals surface area contributed by atoms with Crippen LogP contribution < -0.4 is 10.1 Å². The summed E-state index contributed by atoms with van der Waals surface area (Å²) in [5, 5.41) is 5.26. The number of halogens is 1. The van der Waals surface area contributed by atoms with Gasteiger partial charge in [0.1, 0.15) is 11.6 Å². The standard InChI is InChI=1S/C22H15FN2O3S/c1-13-18(11-14-4-5-15(23)12-19(14)24-13)22(27)28-17-8-6-16(7-9-17)25-21(26)20-3-2-10-29-20/h2-12H,1H3,(H,25,26). The number of aryl methyl sites for hydroxylation is 1. The van der Waals surface area contributed by atoms with E-state index in [1.54, 1.807) is 49.4 Å². The molecule has 0 aliphatic heterocycles. The predicted octanol–water partition coefficient (Wildman–Crippen LogP) is 5.22. The first-order chi connectivity index (χ1) is 14.0. The maximum absolute atomic E-state index is 13.3. The summed E-state index contributed by atoms with van der Waals surface area (Å²) in [7, 11) is 0. The fourth-order valence-corrected chi connectivity index (χ4v) is 3.43. The summed E-state index contributed by atoms with van der Waals surface area (Å²) in [5.41, 5.74) is 1.82. The Hall–Kier alpha value is -3.58. The minimum absolute atomic E-state index is 0.195. The number of ether oxygens (including phenoxy) is 1. The lowest BCUT2D eigenvalue weighted by atomic mass is 10.1. The summed E-state index contributed by atoms with van der Waals surface area (Å²) in [6.07, 6.45) is 0. The molecule has 0 fully saturated rings. The van der Waals surface area contributed by atoms with Gasteiger partial charge in [-0.2, -0.15) is 0 Å². The van der Waals surface area contributed by atoms with Gasteiger partial charge in [-0.1, -0.05) is 6.07 Å². The number of carbonyl (C=O) groups is 2. The molecule has 0 aliphatic carbocycles. The molecule has 0 unspecified atom stereocenters. The molecule has 0 bridgehead atoms. The van der Waals surface area contributed by atoms with Gasteiger partial charge in [-0.25, -0.2) is 9.18 Å². The van der Waals surface area contributed by atoms with Gasteiger partial charge in [-0.15, -0.1) is 11.3 Å². The molecule has 1 amide bonds. The maximum Gasteiger partial charge on any atom is 0.345 e. The largest absolute Gasteiger partial charge is 0.423 e. The fourth-order valence-electron chi connectivity index (χ4n) is 2.81. The first-order valence-corrected chi connectivity index (χ1v) is 9.61. The van der Waals surface area contributed by atoms with Crippen molar-refractivity contribution in [3.05, 3.63) is 88.0 Å². The van der Waals surface area contributed by atoms with E-state index in [9.17, 15) is 14.0 Å². The molecule has 5 nitrogen and oxygen atoms in total. The monoisotopic (exact) mass is 406 g/mol. The van der Waals surface area contributed by atoms with Gasteiger partial charge in [-0.05, 0) is 60.8 Å². The number of pyridine rings is 1. The summed E-state index contributed by atoms with van der Waals surface area (Å²) < 4.78 is 18.8. The van der Waals surface area contributed by atoms with E-state index >= 15 is 0 Å². The second kappa shape index (κ2) is 7.81. The van der Waals surface area contributed by atoms with E-state index in [-0.39, 0.29) is 11.7 Å². The number of esters is 1. The van der Waals surface area contributed by atoms with E-state index < -0.39 is 5.97 Å². The molecule has 7 heteroatoms. The van der Waals surface area contributed by atoms with Gasteiger partial charge in [0, 0.05) is 17.1 Å². The molecule has 29 heavy (non-hydrogen) atoms. The minimum atomic E-state index is -0.559. The number of carbonyl (C=O) groups excluding carboxylic acids is 2. The highest BCUT2D eigenvalue weighted by atomic mass is 32.1. The minimum Gasteiger partial charge on any atom is -0.423 e. The molecular formula is C22H15FN2O3S. The molecule has 0 saturated carbocycles. The van der Waals surface area contributed by atoms with Crippen molar-refractivity contribution in [3.63, 3.8) is 0 Å². The normalized spacial score (nSPS) is 10.7. The molecule has 2 aromatic carbocycles. The number of thiophene rings is 1. The molecule has 0 aliphatic rings. The Bertz CT molecular complexity index is 1200. The van der Waals surface area contributed by atoms with Crippen LogP contribution in [-0.4, -0.2) is 16.9 Å². The number of hydrogen-bond donors (Lipinski definition) is 1. The van der Waals surface area contributed by atoms with Crippen LogP contribution >= 0.6 is 11.3 Å². The molecular weight excluding hydrogens is 391 g/mol. The highest BCUT2D eigenvalue weighted by Gasteiger charge is 2.15. The van der Waals surface area contributed by atoms with Crippen molar-refractivity contribution in [1.82, 2.24) is 4.98 Å². The Balaban J connectivity index is 1.48. The topological polar surface area (TPSA) is 68.3 Å². The molecule has 0 atom stereocenters. The number of amides is 1. The summed E-state index contributed by atoms with van der Waals surface area (Å²) >= 11 is 1.35. The van der Waals surface area contributed by atoms with Gasteiger partial charge in [0.15, 0.2) is 0 Å². The van der Waals surface area contributed by atoms with Crippen LogP contribution in [0.1, 0.15) is 25.7 Å². The average Bonchev–Trinajstić information content (AvgIpc) is 3.24. The van der Waals surface area contributed by atoms with Crippen molar-refractivity contribution in [3.8, 4) is 5.75 Å². The summed E-state index contributed by atoms with van der Waals surface area (Å²) in [4.78, 5) is 29.5. The third-order valence-corrected chi connectivity index (χ3v) is 5.13. The third-order valence-electron chi connectivity index (χ3n) is 4.26. The smallest absolute Gasteiger partial charge is 0.345 e. The van der Waals surface area contributed by atoms with Crippen molar-refractivity contribution in [2.75, 3.05) is 5.32 Å². The molecule has 4 aromatic rings. The zero-order valence-electron chi connectivity index (χ0n) is 15.3. The zero-order chi connectivity index (χ0) is 20.4. The van der Waals surface area contributed by atoms with Crippen LogP contribution in [0.4, 0.5) is 10.1 Å². The molecule has 2 aromatic heterocycles. The lowest BCUT2D eigenvalue weighted by Crippen LogP contribution is -2.12. The van der Waals surface area contributed by atoms with E-state index in [1.165, 1.54) is 23.5 Å². The lowest BCUT2D eigenvalue weighted by Gasteiger charge is -2.09.